The summed E-state index contributed by atoms with van der Waals surface area (Å²) in [5.74, 6) is 1.93. The molecule has 0 saturated heterocycles. The number of rotatable bonds is 6. The van der Waals surface area contributed by atoms with Gasteiger partial charge in [0.1, 0.15) is 5.01 Å². The van der Waals surface area contributed by atoms with E-state index in [-0.39, 0.29) is 5.41 Å². The van der Waals surface area contributed by atoms with Crippen molar-refractivity contribution < 1.29 is 0 Å². The maximum Gasteiger partial charge on any atom is 0.164 e. The summed E-state index contributed by atoms with van der Waals surface area (Å²) < 4.78 is 3.62. The van der Waals surface area contributed by atoms with Gasteiger partial charge in [-0.15, -0.1) is 11.3 Å². The van der Waals surface area contributed by atoms with Crippen LogP contribution >= 0.6 is 11.3 Å². The van der Waals surface area contributed by atoms with Gasteiger partial charge in [0, 0.05) is 49.7 Å². The van der Waals surface area contributed by atoms with Crippen molar-refractivity contribution in [3.8, 4) is 72.7 Å². The molecule has 11 aromatic rings. The van der Waals surface area contributed by atoms with Crippen LogP contribution in [0.4, 0.5) is 0 Å². The van der Waals surface area contributed by atoms with Crippen molar-refractivity contribution in [3.63, 3.8) is 0 Å². The third-order valence-electron chi connectivity index (χ3n) is 12.3. The molecule has 12 rings (SSSR count). The van der Waals surface area contributed by atoms with Crippen molar-refractivity contribution >= 4 is 43.4 Å². The molecule has 0 aliphatic heterocycles. The van der Waals surface area contributed by atoms with E-state index in [0.29, 0.717) is 17.5 Å². The fourth-order valence-corrected chi connectivity index (χ4v) is 10.4. The molecule has 0 unspecified atom stereocenters. The summed E-state index contributed by atoms with van der Waals surface area (Å²) in [6.45, 7) is 4.72. The first kappa shape index (κ1) is 35.4. The lowest BCUT2D eigenvalue weighted by Gasteiger charge is -2.22. The lowest BCUT2D eigenvalue weighted by molar-refractivity contribution is 0.661. The van der Waals surface area contributed by atoms with Gasteiger partial charge in [0.2, 0.25) is 0 Å². The molecule has 61 heavy (non-hydrogen) atoms. The first-order valence-corrected chi connectivity index (χ1v) is 21.5. The second kappa shape index (κ2) is 13.8. The van der Waals surface area contributed by atoms with E-state index in [4.69, 9.17) is 19.9 Å². The van der Waals surface area contributed by atoms with E-state index in [9.17, 15) is 0 Å². The molecule has 0 radical (unpaired) electrons. The maximum atomic E-state index is 5.09. The lowest BCUT2D eigenvalue weighted by atomic mass is 9.81. The molecule has 3 aromatic heterocycles. The number of nitrogens with zero attached hydrogens (tertiary/aromatic N) is 5. The highest BCUT2D eigenvalue weighted by molar-refractivity contribution is 7.22. The minimum absolute atomic E-state index is 0.171. The van der Waals surface area contributed by atoms with E-state index in [1.54, 1.807) is 11.3 Å². The molecule has 0 saturated carbocycles. The molecule has 288 valence electrons. The van der Waals surface area contributed by atoms with Gasteiger partial charge in [-0.05, 0) is 82.4 Å². The quantitative estimate of drug-likeness (QED) is 0.168. The summed E-state index contributed by atoms with van der Waals surface area (Å²) in [5.41, 5.74) is 15.9. The summed E-state index contributed by atoms with van der Waals surface area (Å²) in [6.07, 6.45) is 0. The van der Waals surface area contributed by atoms with Crippen LogP contribution in [0.3, 0.4) is 0 Å². The van der Waals surface area contributed by atoms with Gasteiger partial charge < -0.3 is 4.57 Å². The predicted molar refractivity (Wildman–Crippen MR) is 252 cm³/mol. The van der Waals surface area contributed by atoms with E-state index in [1.807, 2.05) is 60.7 Å². The number of para-hydroxylation sites is 1. The van der Waals surface area contributed by atoms with Crippen molar-refractivity contribution in [1.29, 1.82) is 0 Å². The average Bonchev–Trinajstić information content (AvgIpc) is 3.98. The molecule has 0 fully saturated rings. The maximum absolute atomic E-state index is 5.09. The van der Waals surface area contributed by atoms with Crippen LogP contribution in [0.25, 0.3) is 105 Å². The van der Waals surface area contributed by atoms with Crippen LogP contribution in [0.2, 0.25) is 0 Å². The van der Waals surface area contributed by atoms with Crippen molar-refractivity contribution in [2.24, 2.45) is 0 Å². The third kappa shape index (κ3) is 5.75. The lowest BCUT2D eigenvalue weighted by Crippen LogP contribution is -2.14. The van der Waals surface area contributed by atoms with Crippen LogP contribution in [0.5, 0.6) is 0 Å². The van der Waals surface area contributed by atoms with Crippen molar-refractivity contribution in [2.45, 2.75) is 19.3 Å². The Bertz CT molecular complexity index is 3420. The molecule has 8 aromatic carbocycles. The Morgan fingerprint density at radius 1 is 0.426 bits per heavy atom. The van der Waals surface area contributed by atoms with E-state index in [2.05, 4.69) is 146 Å². The second-order valence-electron chi connectivity index (χ2n) is 16.3. The van der Waals surface area contributed by atoms with E-state index < -0.39 is 0 Å². The van der Waals surface area contributed by atoms with Crippen LogP contribution in [0.1, 0.15) is 25.0 Å². The Labute approximate surface area is 357 Å². The Hall–Kier alpha value is -7.54. The minimum Gasteiger partial charge on any atom is -0.309 e. The fraction of sp³-hybridized carbons (Fsp3) is 0.0545. The zero-order chi connectivity index (χ0) is 40.7. The summed E-state index contributed by atoms with van der Waals surface area (Å²) in [7, 11) is 0. The fourth-order valence-electron chi connectivity index (χ4n) is 9.22. The molecule has 0 spiro atoms. The van der Waals surface area contributed by atoms with Crippen LogP contribution in [0.15, 0.2) is 188 Å². The van der Waals surface area contributed by atoms with Gasteiger partial charge in [-0.1, -0.05) is 147 Å². The summed E-state index contributed by atoms with van der Waals surface area (Å²) in [4.78, 5) is 20.2. The predicted octanol–water partition coefficient (Wildman–Crippen LogP) is 14.2. The molecule has 5 nitrogen and oxygen atoms in total. The number of fused-ring (bicyclic) bond motifs is 8. The van der Waals surface area contributed by atoms with Gasteiger partial charge >= 0.3 is 0 Å². The van der Waals surface area contributed by atoms with Gasteiger partial charge in [-0.25, -0.2) is 19.9 Å². The molecular formula is C55H37N5S. The summed E-state index contributed by atoms with van der Waals surface area (Å²) >= 11 is 1.80. The summed E-state index contributed by atoms with van der Waals surface area (Å²) in [5, 5.41) is 3.36. The zero-order valence-corrected chi connectivity index (χ0v) is 34.4. The highest BCUT2D eigenvalue weighted by atomic mass is 32.1. The normalized spacial score (nSPS) is 12.9. The number of thiazole rings is 1. The molecule has 0 amide bonds. The molecule has 6 heteroatoms. The van der Waals surface area contributed by atoms with Crippen molar-refractivity contribution in [2.75, 3.05) is 0 Å². The zero-order valence-electron chi connectivity index (χ0n) is 33.5. The number of hydrogen-bond acceptors (Lipinski definition) is 5. The molecule has 1 aliphatic carbocycles. The molecule has 0 bridgehead atoms. The van der Waals surface area contributed by atoms with Crippen LogP contribution in [0, 0.1) is 0 Å². The topological polar surface area (TPSA) is 56.5 Å². The standard InChI is InChI=1S/C55H37N5S/c1-55(2)44-27-28-46-50(61-54(56-46)36-19-11-5-12-20-36)49(44)41-26-23-38(33-45(41)55)37-24-29-47-42(31-37)43-32-39(25-30-48(43)60(47)40-21-13-6-14-22-40)53-58-51(34-15-7-3-8-16-34)57-52(59-53)35-17-9-4-10-18-35/h3-33H,1-2H3. The van der Waals surface area contributed by atoms with Crippen LogP contribution < -0.4 is 0 Å². The van der Waals surface area contributed by atoms with Gasteiger partial charge in [-0.2, -0.15) is 0 Å². The third-order valence-corrected chi connectivity index (χ3v) is 13.4. The SMILES string of the molecule is CC1(C)c2cc(-c3ccc4c(c3)c3cc(-c5nc(-c6ccccc6)nc(-c6ccccc6)n5)ccc3n4-c3ccccc3)ccc2-c2c1ccc1nc(-c3ccccc3)sc21. The van der Waals surface area contributed by atoms with E-state index in [1.165, 1.54) is 43.5 Å². The largest absolute Gasteiger partial charge is 0.309 e. The monoisotopic (exact) mass is 799 g/mol. The molecular weight excluding hydrogens is 763 g/mol. The Morgan fingerprint density at radius 3 is 1.56 bits per heavy atom. The minimum atomic E-state index is -0.171. The van der Waals surface area contributed by atoms with Gasteiger partial charge in [-0.3, -0.25) is 0 Å². The Kier molecular flexibility index (Phi) is 7.99. The van der Waals surface area contributed by atoms with E-state index >= 15 is 0 Å². The first-order valence-electron chi connectivity index (χ1n) is 20.6. The average molecular weight is 800 g/mol. The molecule has 0 atom stereocenters. The molecule has 3 heterocycles. The van der Waals surface area contributed by atoms with Gasteiger partial charge in [0.25, 0.3) is 0 Å². The Morgan fingerprint density at radius 2 is 0.934 bits per heavy atom. The second-order valence-corrected chi connectivity index (χ2v) is 17.3. The highest BCUT2D eigenvalue weighted by Gasteiger charge is 2.37. The van der Waals surface area contributed by atoms with Crippen LogP contribution in [-0.4, -0.2) is 24.5 Å². The molecule has 1 aliphatic rings. The van der Waals surface area contributed by atoms with Crippen molar-refractivity contribution in [1.82, 2.24) is 24.5 Å². The van der Waals surface area contributed by atoms with Crippen molar-refractivity contribution in [3.05, 3.63) is 199 Å². The van der Waals surface area contributed by atoms with Gasteiger partial charge in [0.15, 0.2) is 17.5 Å². The van der Waals surface area contributed by atoms with Gasteiger partial charge in [0.05, 0.1) is 21.3 Å². The van der Waals surface area contributed by atoms with E-state index in [0.717, 1.165) is 54.9 Å². The highest BCUT2D eigenvalue weighted by Crippen LogP contribution is 2.53. The molecule has 0 N–H and O–H groups in total. The number of aromatic nitrogens is 5. The first-order chi connectivity index (χ1) is 30.0. The smallest absolute Gasteiger partial charge is 0.164 e. The summed E-state index contributed by atoms with van der Waals surface area (Å²) in [6, 6.07) is 66.5. The van der Waals surface area contributed by atoms with Crippen LogP contribution in [-0.2, 0) is 5.41 Å². The number of hydrogen-bond donors (Lipinski definition) is 0. The Balaban J connectivity index is 1.02. The number of benzene rings is 8.